The molecule has 5 nitrogen and oxygen atoms in total. The maximum Gasteiger partial charge on any atom is 0.170 e. The third kappa shape index (κ3) is 2.32. The zero-order chi connectivity index (χ0) is 14.3. The van der Waals surface area contributed by atoms with Gasteiger partial charge in [-0.2, -0.15) is 0 Å². The van der Waals surface area contributed by atoms with E-state index in [9.17, 15) is 0 Å². The SMILES string of the molecule is NC1CCC2(CC1n1ccnc1-c1cccs1)OCCO2. The van der Waals surface area contributed by atoms with E-state index >= 15 is 0 Å². The molecule has 0 radical (unpaired) electrons. The molecule has 1 saturated carbocycles. The highest BCUT2D eigenvalue weighted by Crippen LogP contribution is 2.41. The van der Waals surface area contributed by atoms with Crippen LogP contribution in [0.5, 0.6) is 0 Å². The number of aromatic nitrogens is 2. The van der Waals surface area contributed by atoms with E-state index in [1.54, 1.807) is 11.3 Å². The fourth-order valence-electron chi connectivity index (χ4n) is 3.39. The van der Waals surface area contributed by atoms with E-state index in [1.807, 2.05) is 18.5 Å². The van der Waals surface area contributed by atoms with Crippen molar-refractivity contribution in [2.45, 2.75) is 37.1 Å². The summed E-state index contributed by atoms with van der Waals surface area (Å²) in [6, 6.07) is 4.41. The van der Waals surface area contributed by atoms with Crippen LogP contribution in [-0.4, -0.2) is 34.6 Å². The Balaban J connectivity index is 1.67. The predicted molar refractivity (Wildman–Crippen MR) is 81.0 cm³/mol. The van der Waals surface area contributed by atoms with Crippen molar-refractivity contribution < 1.29 is 9.47 Å². The first kappa shape index (κ1) is 13.5. The molecule has 2 N–H and O–H groups in total. The molecule has 4 rings (SSSR count). The number of imidazole rings is 1. The Bertz CT molecular complexity index is 604. The van der Waals surface area contributed by atoms with Crippen LogP contribution >= 0.6 is 11.3 Å². The maximum atomic E-state index is 6.39. The summed E-state index contributed by atoms with van der Waals surface area (Å²) >= 11 is 1.70. The number of nitrogens with two attached hydrogens (primary N) is 1. The summed E-state index contributed by atoms with van der Waals surface area (Å²) in [7, 11) is 0. The molecule has 2 aromatic heterocycles. The van der Waals surface area contributed by atoms with Gasteiger partial charge in [-0.1, -0.05) is 6.07 Å². The maximum absolute atomic E-state index is 6.39. The van der Waals surface area contributed by atoms with Gasteiger partial charge in [-0.25, -0.2) is 4.98 Å². The van der Waals surface area contributed by atoms with Gasteiger partial charge >= 0.3 is 0 Å². The minimum absolute atomic E-state index is 0.108. The van der Waals surface area contributed by atoms with Crippen molar-refractivity contribution in [1.29, 1.82) is 0 Å². The summed E-state index contributed by atoms with van der Waals surface area (Å²) in [5, 5.41) is 2.07. The van der Waals surface area contributed by atoms with Gasteiger partial charge in [-0.3, -0.25) is 0 Å². The first-order valence-electron chi connectivity index (χ1n) is 7.38. The van der Waals surface area contributed by atoms with Gasteiger partial charge in [0.05, 0.1) is 24.1 Å². The van der Waals surface area contributed by atoms with Gasteiger partial charge in [-0.05, 0) is 17.9 Å². The molecule has 2 unspecified atom stereocenters. The van der Waals surface area contributed by atoms with Crippen LogP contribution in [0.3, 0.4) is 0 Å². The molecule has 2 aromatic rings. The second kappa shape index (κ2) is 5.21. The lowest BCUT2D eigenvalue weighted by Gasteiger charge is -2.40. The average Bonchev–Trinajstić information content (AvgIpc) is 3.21. The molecular formula is C15H19N3O2S. The highest BCUT2D eigenvalue weighted by atomic mass is 32.1. The van der Waals surface area contributed by atoms with E-state index in [1.165, 1.54) is 4.88 Å². The Kier molecular flexibility index (Phi) is 3.34. The molecule has 1 saturated heterocycles. The number of thiophene rings is 1. The second-order valence-electron chi connectivity index (χ2n) is 5.72. The fraction of sp³-hybridized carbons (Fsp3) is 0.533. The molecule has 0 amide bonds. The summed E-state index contributed by atoms with van der Waals surface area (Å²) in [5.74, 6) is 0.554. The van der Waals surface area contributed by atoms with Crippen LogP contribution in [0.15, 0.2) is 29.9 Å². The van der Waals surface area contributed by atoms with Crippen LogP contribution < -0.4 is 5.73 Å². The van der Waals surface area contributed by atoms with Crippen LogP contribution in [-0.2, 0) is 9.47 Å². The lowest BCUT2D eigenvalue weighted by molar-refractivity contribution is -0.187. The van der Waals surface area contributed by atoms with Crippen molar-refractivity contribution in [3.8, 4) is 10.7 Å². The van der Waals surface area contributed by atoms with Gasteiger partial charge in [0.1, 0.15) is 5.82 Å². The van der Waals surface area contributed by atoms with E-state index < -0.39 is 5.79 Å². The smallest absolute Gasteiger partial charge is 0.170 e. The van der Waals surface area contributed by atoms with Crippen molar-refractivity contribution in [2.75, 3.05) is 13.2 Å². The summed E-state index contributed by atoms with van der Waals surface area (Å²) in [6.45, 7) is 1.37. The number of rotatable bonds is 2. The first-order chi connectivity index (χ1) is 10.3. The highest BCUT2D eigenvalue weighted by molar-refractivity contribution is 7.13. The monoisotopic (exact) mass is 305 g/mol. The van der Waals surface area contributed by atoms with Crippen LogP contribution in [0.25, 0.3) is 10.7 Å². The number of hydrogen-bond acceptors (Lipinski definition) is 5. The molecule has 1 aliphatic heterocycles. The Morgan fingerprint density at radius 3 is 3.00 bits per heavy atom. The van der Waals surface area contributed by atoms with Crippen molar-refractivity contribution in [3.63, 3.8) is 0 Å². The molecule has 3 heterocycles. The molecule has 2 atom stereocenters. The zero-order valence-corrected chi connectivity index (χ0v) is 12.6. The van der Waals surface area contributed by atoms with Crippen LogP contribution in [0, 0.1) is 0 Å². The summed E-state index contributed by atoms with van der Waals surface area (Å²) in [5.41, 5.74) is 6.39. The Labute approximate surface area is 127 Å². The Hall–Kier alpha value is -1.21. The van der Waals surface area contributed by atoms with E-state index in [-0.39, 0.29) is 12.1 Å². The topological polar surface area (TPSA) is 62.3 Å². The van der Waals surface area contributed by atoms with Crippen molar-refractivity contribution in [3.05, 3.63) is 29.9 Å². The molecule has 1 spiro atoms. The average molecular weight is 305 g/mol. The van der Waals surface area contributed by atoms with Crippen LogP contribution in [0.1, 0.15) is 25.3 Å². The lowest BCUT2D eigenvalue weighted by atomic mass is 9.86. The van der Waals surface area contributed by atoms with Gasteiger partial charge in [0, 0.05) is 31.3 Å². The molecule has 1 aliphatic carbocycles. The number of nitrogens with zero attached hydrogens (tertiary/aromatic N) is 2. The second-order valence-corrected chi connectivity index (χ2v) is 6.66. The molecule has 112 valence electrons. The van der Waals surface area contributed by atoms with E-state index in [0.29, 0.717) is 13.2 Å². The third-order valence-corrected chi connectivity index (χ3v) is 5.32. The quantitative estimate of drug-likeness (QED) is 0.925. The van der Waals surface area contributed by atoms with Gasteiger partial charge in [0.25, 0.3) is 0 Å². The molecular weight excluding hydrogens is 286 g/mol. The first-order valence-corrected chi connectivity index (χ1v) is 8.26. The van der Waals surface area contributed by atoms with E-state index in [2.05, 4.69) is 21.0 Å². The standard InChI is InChI=1S/C15H19N3O2S/c16-11-3-4-15(19-7-8-20-15)10-12(11)18-6-5-17-14(18)13-2-1-9-21-13/h1-2,5-6,9,11-12H,3-4,7-8,10,16H2. The summed E-state index contributed by atoms with van der Waals surface area (Å²) in [6.07, 6.45) is 6.45. The van der Waals surface area contributed by atoms with E-state index in [4.69, 9.17) is 15.2 Å². The number of ether oxygens (including phenoxy) is 2. The lowest BCUT2D eigenvalue weighted by Crippen LogP contribution is -2.46. The van der Waals surface area contributed by atoms with Gasteiger partial charge in [0.15, 0.2) is 5.79 Å². The highest BCUT2D eigenvalue weighted by Gasteiger charge is 2.45. The molecule has 6 heteroatoms. The normalized spacial score (nSPS) is 28.2. The molecule has 2 aliphatic rings. The molecule has 0 bridgehead atoms. The zero-order valence-electron chi connectivity index (χ0n) is 11.8. The minimum Gasteiger partial charge on any atom is -0.347 e. The van der Waals surface area contributed by atoms with Gasteiger partial charge in [0.2, 0.25) is 0 Å². The molecule has 21 heavy (non-hydrogen) atoms. The molecule has 0 aromatic carbocycles. The van der Waals surface area contributed by atoms with Crippen LogP contribution in [0.4, 0.5) is 0 Å². The van der Waals surface area contributed by atoms with Gasteiger partial charge < -0.3 is 19.8 Å². The van der Waals surface area contributed by atoms with Crippen molar-refractivity contribution >= 4 is 11.3 Å². The third-order valence-electron chi connectivity index (χ3n) is 4.45. The Morgan fingerprint density at radius 2 is 2.24 bits per heavy atom. The molecule has 2 fully saturated rings. The fourth-order valence-corrected chi connectivity index (χ4v) is 4.12. The Morgan fingerprint density at radius 1 is 1.38 bits per heavy atom. The largest absolute Gasteiger partial charge is 0.347 e. The predicted octanol–water partition coefficient (Wildman–Crippen LogP) is 2.41. The van der Waals surface area contributed by atoms with Gasteiger partial charge in [-0.15, -0.1) is 11.3 Å². The van der Waals surface area contributed by atoms with Crippen molar-refractivity contribution in [2.24, 2.45) is 5.73 Å². The van der Waals surface area contributed by atoms with Crippen LogP contribution in [0.2, 0.25) is 0 Å². The summed E-state index contributed by atoms with van der Waals surface area (Å²) in [4.78, 5) is 5.69. The summed E-state index contributed by atoms with van der Waals surface area (Å²) < 4.78 is 14.0. The minimum atomic E-state index is -0.433. The number of hydrogen-bond donors (Lipinski definition) is 1. The van der Waals surface area contributed by atoms with E-state index in [0.717, 1.165) is 25.1 Å². The van der Waals surface area contributed by atoms with Crippen molar-refractivity contribution in [1.82, 2.24) is 9.55 Å².